The third-order valence-electron chi connectivity index (χ3n) is 4.90. The Hall–Kier alpha value is -2.24. The van der Waals surface area contributed by atoms with Gasteiger partial charge in [0.25, 0.3) is 5.91 Å². The second kappa shape index (κ2) is 6.10. The van der Waals surface area contributed by atoms with E-state index in [-0.39, 0.29) is 30.6 Å². The Bertz CT molecular complexity index is 632. The fraction of sp³-hybridized carbons (Fsp3) is 0.529. The lowest BCUT2D eigenvalue weighted by molar-refractivity contribution is -0.135. The number of urea groups is 1. The molecular weight excluding hydrogens is 294 g/mol. The number of likely N-dealkylation sites (N-methyl/N-ethyl adjacent to an activating group) is 1. The minimum absolute atomic E-state index is 0.0202. The number of nitrogens with one attached hydrogen (secondary N) is 1. The minimum Gasteiger partial charge on any atom is -0.484 e. The molecule has 2 aliphatic rings. The number of ether oxygens (including phenoxy) is 1. The molecule has 1 aromatic carbocycles. The Balaban J connectivity index is 1.55. The molecule has 2 atom stereocenters. The van der Waals surface area contributed by atoms with E-state index in [4.69, 9.17) is 4.74 Å². The first-order valence-electron chi connectivity index (χ1n) is 7.97. The Morgan fingerprint density at radius 2 is 2.13 bits per heavy atom. The van der Waals surface area contributed by atoms with Crippen molar-refractivity contribution in [3.05, 3.63) is 29.3 Å². The van der Waals surface area contributed by atoms with Gasteiger partial charge in [0.05, 0.1) is 12.1 Å². The number of amides is 3. The topological polar surface area (TPSA) is 61.9 Å². The molecule has 0 spiro atoms. The Labute approximate surface area is 136 Å². The molecule has 0 unspecified atom stereocenters. The second-order valence-electron chi connectivity index (χ2n) is 6.40. The first-order chi connectivity index (χ1) is 11.0. The normalized spacial score (nSPS) is 23.5. The SMILES string of the molecule is Cc1ccc(OCC(=O)N2CC[C@H]3[C@@H](C2)NC(=O)N3C)cc1C. The van der Waals surface area contributed by atoms with E-state index >= 15 is 0 Å². The van der Waals surface area contributed by atoms with Gasteiger partial charge in [-0.1, -0.05) is 6.07 Å². The van der Waals surface area contributed by atoms with Crippen LogP contribution in [-0.2, 0) is 4.79 Å². The highest BCUT2D eigenvalue weighted by atomic mass is 16.5. The van der Waals surface area contributed by atoms with Gasteiger partial charge in [-0.3, -0.25) is 4.79 Å². The summed E-state index contributed by atoms with van der Waals surface area (Å²) >= 11 is 0. The fourth-order valence-electron chi connectivity index (χ4n) is 3.22. The summed E-state index contributed by atoms with van der Waals surface area (Å²) in [5.41, 5.74) is 2.35. The molecule has 3 rings (SSSR count). The van der Waals surface area contributed by atoms with E-state index in [9.17, 15) is 9.59 Å². The van der Waals surface area contributed by atoms with E-state index in [1.165, 1.54) is 5.56 Å². The molecule has 0 bridgehead atoms. The van der Waals surface area contributed by atoms with Gasteiger partial charge in [-0.15, -0.1) is 0 Å². The van der Waals surface area contributed by atoms with Crippen molar-refractivity contribution in [3.8, 4) is 5.75 Å². The monoisotopic (exact) mass is 317 g/mol. The maximum Gasteiger partial charge on any atom is 0.317 e. The maximum atomic E-state index is 12.3. The van der Waals surface area contributed by atoms with E-state index in [1.54, 1.807) is 16.8 Å². The number of carbonyl (C=O) groups is 2. The van der Waals surface area contributed by atoms with Crippen molar-refractivity contribution < 1.29 is 14.3 Å². The van der Waals surface area contributed by atoms with Crippen LogP contribution in [0.2, 0.25) is 0 Å². The van der Waals surface area contributed by atoms with Gasteiger partial charge in [0.2, 0.25) is 0 Å². The molecule has 6 nitrogen and oxygen atoms in total. The first kappa shape index (κ1) is 15.6. The summed E-state index contributed by atoms with van der Waals surface area (Å²) < 4.78 is 5.62. The van der Waals surface area contributed by atoms with Gasteiger partial charge in [-0.05, 0) is 43.5 Å². The number of benzene rings is 1. The van der Waals surface area contributed by atoms with Crippen LogP contribution in [0.25, 0.3) is 0 Å². The van der Waals surface area contributed by atoms with Crippen molar-refractivity contribution in [1.29, 1.82) is 0 Å². The number of hydrogen-bond donors (Lipinski definition) is 1. The molecule has 1 aromatic rings. The number of fused-ring (bicyclic) bond motifs is 1. The van der Waals surface area contributed by atoms with E-state index < -0.39 is 0 Å². The summed E-state index contributed by atoms with van der Waals surface area (Å²) in [5, 5.41) is 2.93. The molecule has 3 amide bonds. The molecule has 2 fully saturated rings. The highest BCUT2D eigenvalue weighted by Gasteiger charge is 2.41. The summed E-state index contributed by atoms with van der Waals surface area (Å²) in [5.74, 6) is 0.677. The van der Waals surface area contributed by atoms with Crippen LogP contribution in [0.5, 0.6) is 5.75 Å². The van der Waals surface area contributed by atoms with Crippen LogP contribution in [-0.4, -0.2) is 60.6 Å². The lowest BCUT2D eigenvalue weighted by atomic mass is 10.0. The van der Waals surface area contributed by atoms with E-state index in [0.717, 1.165) is 12.0 Å². The molecule has 124 valence electrons. The Morgan fingerprint density at radius 1 is 1.35 bits per heavy atom. The minimum atomic E-state index is -0.0549. The predicted octanol–water partition coefficient (Wildman–Crippen LogP) is 1.31. The lowest BCUT2D eigenvalue weighted by Crippen LogP contribution is -2.53. The first-order valence-corrected chi connectivity index (χ1v) is 7.97. The Kier molecular flexibility index (Phi) is 4.15. The van der Waals surface area contributed by atoms with Crippen molar-refractivity contribution in [3.63, 3.8) is 0 Å². The van der Waals surface area contributed by atoms with Crippen molar-refractivity contribution in [2.24, 2.45) is 0 Å². The molecule has 0 radical (unpaired) electrons. The zero-order valence-corrected chi connectivity index (χ0v) is 13.8. The van der Waals surface area contributed by atoms with Crippen LogP contribution in [0.3, 0.4) is 0 Å². The van der Waals surface area contributed by atoms with E-state index in [2.05, 4.69) is 5.32 Å². The van der Waals surface area contributed by atoms with Crippen LogP contribution in [0.4, 0.5) is 4.79 Å². The highest BCUT2D eigenvalue weighted by molar-refractivity contribution is 5.80. The molecule has 0 aromatic heterocycles. The summed E-state index contributed by atoms with van der Waals surface area (Å²) in [4.78, 5) is 27.5. The van der Waals surface area contributed by atoms with Crippen LogP contribution < -0.4 is 10.1 Å². The number of piperidine rings is 1. The van der Waals surface area contributed by atoms with Gasteiger partial charge in [-0.2, -0.15) is 0 Å². The van der Waals surface area contributed by atoms with Crippen molar-refractivity contribution in [1.82, 2.24) is 15.1 Å². The second-order valence-corrected chi connectivity index (χ2v) is 6.40. The largest absolute Gasteiger partial charge is 0.484 e. The summed E-state index contributed by atoms with van der Waals surface area (Å²) in [6.07, 6.45) is 0.801. The molecule has 1 N–H and O–H groups in total. The smallest absolute Gasteiger partial charge is 0.317 e. The van der Waals surface area contributed by atoms with Crippen LogP contribution in [0.15, 0.2) is 18.2 Å². The molecule has 0 aliphatic carbocycles. The summed E-state index contributed by atoms with van der Waals surface area (Å²) in [6, 6.07) is 5.97. The maximum absolute atomic E-state index is 12.3. The molecule has 2 heterocycles. The highest BCUT2D eigenvalue weighted by Crippen LogP contribution is 2.22. The third kappa shape index (κ3) is 3.11. The summed E-state index contributed by atoms with van der Waals surface area (Å²) in [7, 11) is 1.81. The summed E-state index contributed by atoms with van der Waals surface area (Å²) in [6.45, 7) is 5.31. The number of nitrogens with zero attached hydrogens (tertiary/aromatic N) is 2. The average Bonchev–Trinajstić information content (AvgIpc) is 2.82. The van der Waals surface area contributed by atoms with Gasteiger partial charge in [0.15, 0.2) is 6.61 Å². The molecule has 2 saturated heterocycles. The number of aryl methyl sites for hydroxylation is 2. The zero-order valence-electron chi connectivity index (χ0n) is 13.8. The van der Waals surface area contributed by atoms with Crippen LogP contribution >= 0.6 is 0 Å². The van der Waals surface area contributed by atoms with Crippen LogP contribution in [0, 0.1) is 13.8 Å². The number of rotatable bonds is 3. The van der Waals surface area contributed by atoms with Crippen molar-refractivity contribution in [2.45, 2.75) is 32.4 Å². The molecule has 23 heavy (non-hydrogen) atoms. The molecule has 2 aliphatic heterocycles. The Morgan fingerprint density at radius 3 is 2.87 bits per heavy atom. The number of hydrogen-bond acceptors (Lipinski definition) is 3. The number of carbonyl (C=O) groups excluding carboxylic acids is 2. The standard InChI is InChI=1S/C17H23N3O3/c1-11-4-5-13(8-12(11)2)23-10-16(21)20-7-6-15-14(9-20)18-17(22)19(15)3/h4-5,8,14-15H,6-7,9-10H2,1-3H3,(H,18,22)/t14-,15+/m1/s1. The van der Waals surface area contributed by atoms with E-state index in [1.807, 2.05) is 32.0 Å². The van der Waals surface area contributed by atoms with Crippen LogP contribution in [0.1, 0.15) is 17.5 Å². The molecule has 6 heteroatoms. The average molecular weight is 317 g/mol. The number of likely N-dealkylation sites (tertiary alicyclic amines) is 1. The predicted molar refractivity (Wildman–Crippen MR) is 86.5 cm³/mol. The van der Waals surface area contributed by atoms with Gasteiger partial charge in [0, 0.05) is 20.1 Å². The van der Waals surface area contributed by atoms with E-state index in [0.29, 0.717) is 18.8 Å². The molecule has 0 saturated carbocycles. The molecular formula is C17H23N3O3. The van der Waals surface area contributed by atoms with Gasteiger partial charge in [0.1, 0.15) is 5.75 Å². The van der Waals surface area contributed by atoms with Gasteiger partial charge in [-0.25, -0.2) is 4.79 Å². The van der Waals surface area contributed by atoms with Gasteiger partial charge < -0.3 is 19.9 Å². The lowest BCUT2D eigenvalue weighted by Gasteiger charge is -2.35. The fourth-order valence-corrected chi connectivity index (χ4v) is 3.22. The van der Waals surface area contributed by atoms with Crippen molar-refractivity contribution in [2.75, 3.05) is 26.7 Å². The quantitative estimate of drug-likeness (QED) is 0.914. The zero-order chi connectivity index (χ0) is 16.6. The van der Waals surface area contributed by atoms with Crippen molar-refractivity contribution >= 4 is 11.9 Å². The van der Waals surface area contributed by atoms with Gasteiger partial charge >= 0.3 is 6.03 Å². The third-order valence-corrected chi connectivity index (χ3v) is 4.90.